The van der Waals surface area contributed by atoms with Gasteiger partial charge in [0.15, 0.2) is 0 Å². The van der Waals surface area contributed by atoms with Gasteiger partial charge >= 0.3 is 6.03 Å². The summed E-state index contributed by atoms with van der Waals surface area (Å²) in [6.07, 6.45) is 2.52. The minimum absolute atomic E-state index is 0.00670. The molecule has 1 atom stereocenters. The topological polar surface area (TPSA) is 83.2 Å². The second-order valence-electron chi connectivity index (χ2n) is 5.99. The smallest absolute Gasteiger partial charge is 0.319 e. The third-order valence-electron chi connectivity index (χ3n) is 4.04. The van der Waals surface area contributed by atoms with Crippen molar-refractivity contribution in [3.63, 3.8) is 0 Å². The lowest BCUT2D eigenvalue weighted by Crippen LogP contribution is -2.38. The minimum atomic E-state index is -0.277. The van der Waals surface area contributed by atoms with Crippen molar-refractivity contribution in [2.45, 2.75) is 13.3 Å². The van der Waals surface area contributed by atoms with Gasteiger partial charge in [-0.05, 0) is 24.6 Å². The molecule has 1 aromatic carbocycles. The van der Waals surface area contributed by atoms with E-state index in [9.17, 15) is 9.59 Å². The number of anilines is 1. The number of carbonyl (C=O) groups is 1. The zero-order chi connectivity index (χ0) is 15.6. The largest absolute Gasteiger partial charge is 0.381 e. The number of hydrogen-bond donors (Lipinski definition) is 3. The SMILES string of the molecule is CC1(CNC(=O)Nc2cccc3c(=O)[nH]ccc23)CCOC1. The predicted molar refractivity (Wildman–Crippen MR) is 85.1 cm³/mol. The van der Waals surface area contributed by atoms with Crippen LogP contribution in [0.4, 0.5) is 10.5 Å². The molecule has 1 aromatic heterocycles. The molecule has 2 aromatic rings. The van der Waals surface area contributed by atoms with Crippen LogP contribution in [0.5, 0.6) is 0 Å². The summed E-state index contributed by atoms with van der Waals surface area (Å²) in [7, 11) is 0. The Balaban J connectivity index is 1.72. The van der Waals surface area contributed by atoms with Crippen molar-refractivity contribution in [2.24, 2.45) is 5.41 Å². The van der Waals surface area contributed by atoms with Gasteiger partial charge in [0.25, 0.3) is 5.56 Å². The van der Waals surface area contributed by atoms with Crippen LogP contribution in [-0.4, -0.2) is 30.8 Å². The number of hydrogen-bond acceptors (Lipinski definition) is 3. The number of urea groups is 1. The van der Waals surface area contributed by atoms with Crippen LogP contribution in [0.1, 0.15) is 13.3 Å². The monoisotopic (exact) mass is 301 g/mol. The van der Waals surface area contributed by atoms with Crippen molar-refractivity contribution < 1.29 is 9.53 Å². The normalized spacial score (nSPS) is 21.0. The highest BCUT2D eigenvalue weighted by atomic mass is 16.5. The molecule has 1 saturated heterocycles. The van der Waals surface area contributed by atoms with Crippen molar-refractivity contribution in [1.29, 1.82) is 0 Å². The quantitative estimate of drug-likeness (QED) is 0.811. The van der Waals surface area contributed by atoms with Crippen molar-refractivity contribution in [2.75, 3.05) is 25.1 Å². The first-order valence-corrected chi connectivity index (χ1v) is 7.30. The lowest BCUT2D eigenvalue weighted by atomic mass is 9.90. The van der Waals surface area contributed by atoms with E-state index in [1.54, 1.807) is 30.5 Å². The number of H-pyrrole nitrogens is 1. The second kappa shape index (κ2) is 5.81. The predicted octanol–water partition coefficient (Wildman–Crippen LogP) is 2.08. The van der Waals surface area contributed by atoms with Gasteiger partial charge in [-0.1, -0.05) is 13.0 Å². The molecule has 0 saturated carbocycles. The van der Waals surface area contributed by atoms with Gasteiger partial charge in [0, 0.05) is 35.5 Å². The summed E-state index contributed by atoms with van der Waals surface area (Å²) >= 11 is 0. The van der Waals surface area contributed by atoms with E-state index in [-0.39, 0.29) is 17.0 Å². The number of nitrogens with one attached hydrogen (secondary N) is 3. The van der Waals surface area contributed by atoms with E-state index in [4.69, 9.17) is 4.74 Å². The summed E-state index contributed by atoms with van der Waals surface area (Å²) in [5.74, 6) is 0. The Hall–Kier alpha value is -2.34. The number of carbonyl (C=O) groups excluding carboxylic acids is 1. The zero-order valence-corrected chi connectivity index (χ0v) is 12.4. The van der Waals surface area contributed by atoms with Gasteiger partial charge in [-0.25, -0.2) is 4.79 Å². The van der Waals surface area contributed by atoms with E-state index in [0.717, 1.165) is 18.4 Å². The minimum Gasteiger partial charge on any atom is -0.381 e. The maximum absolute atomic E-state index is 12.1. The van der Waals surface area contributed by atoms with Crippen molar-refractivity contribution in [1.82, 2.24) is 10.3 Å². The Morgan fingerprint density at radius 1 is 1.36 bits per heavy atom. The van der Waals surface area contributed by atoms with Crippen LogP contribution < -0.4 is 16.2 Å². The third kappa shape index (κ3) is 2.96. The summed E-state index contributed by atoms with van der Waals surface area (Å²) in [6.45, 7) is 4.06. The first-order valence-electron chi connectivity index (χ1n) is 7.30. The Morgan fingerprint density at radius 2 is 2.23 bits per heavy atom. The fraction of sp³-hybridized carbons (Fsp3) is 0.375. The maximum atomic E-state index is 12.1. The zero-order valence-electron chi connectivity index (χ0n) is 12.4. The van der Waals surface area contributed by atoms with Gasteiger partial charge in [0.2, 0.25) is 0 Å². The number of fused-ring (bicyclic) bond motifs is 1. The Morgan fingerprint density at radius 3 is 3.00 bits per heavy atom. The number of ether oxygens (including phenoxy) is 1. The number of pyridine rings is 1. The first-order chi connectivity index (χ1) is 10.6. The number of aromatic nitrogens is 1. The molecule has 0 aliphatic carbocycles. The van der Waals surface area contributed by atoms with E-state index in [2.05, 4.69) is 22.5 Å². The third-order valence-corrected chi connectivity index (χ3v) is 4.04. The highest BCUT2D eigenvalue weighted by Crippen LogP contribution is 2.26. The van der Waals surface area contributed by atoms with Crippen LogP contribution >= 0.6 is 0 Å². The summed E-state index contributed by atoms with van der Waals surface area (Å²) in [4.78, 5) is 26.5. The number of aromatic amines is 1. The number of amides is 2. The Bertz CT molecular complexity index is 748. The molecule has 1 fully saturated rings. The molecular weight excluding hydrogens is 282 g/mol. The van der Waals surface area contributed by atoms with Crippen LogP contribution in [0.15, 0.2) is 35.3 Å². The molecule has 6 heteroatoms. The molecule has 6 nitrogen and oxygen atoms in total. The molecule has 1 unspecified atom stereocenters. The van der Waals surface area contributed by atoms with Gasteiger partial charge in [0.05, 0.1) is 12.3 Å². The van der Waals surface area contributed by atoms with Crippen molar-refractivity contribution in [3.05, 3.63) is 40.8 Å². The van der Waals surface area contributed by atoms with Crippen LogP contribution in [0.25, 0.3) is 10.8 Å². The molecule has 1 aliphatic rings. The first kappa shape index (κ1) is 14.6. The summed E-state index contributed by atoms with van der Waals surface area (Å²) in [6, 6.07) is 6.76. The highest BCUT2D eigenvalue weighted by molar-refractivity contribution is 6.01. The van der Waals surface area contributed by atoms with Crippen LogP contribution in [0.2, 0.25) is 0 Å². The molecule has 3 N–H and O–H groups in total. The Kier molecular flexibility index (Phi) is 3.85. The molecule has 0 radical (unpaired) electrons. The number of benzene rings is 1. The van der Waals surface area contributed by atoms with Crippen LogP contribution in [0, 0.1) is 5.41 Å². The fourth-order valence-corrected chi connectivity index (χ4v) is 2.64. The highest BCUT2D eigenvalue weighted by Gasteiger charge is 2.29. The van der Waals surface area contributed by atoms with E-state index in [1.807, 2.05) is 0 Å². The molecule has 0 bridgehead atoms. The van der Waals surface area contributed by atoms with E-state index in [0.29, 0.717) is 24.2 Å². The van der Waals surface area contributed by atoms with Gasteiger partial charge in [-0.15, -0.1) is 0 Å². The molecule has 3 rings (SSSR count). The molecule has 2 heterocycles. The van der Waals surface area contributed by atoms with Gasteiger partial charge in [-0.2, -0.15) is 0 Å². The molecule has 1 aliphatic heterocycles. The number of rotatable bonds is 3. The maximum Gasteiger partial charge on any atom is 0.319 e. The average Bonchev–Trinajstić information content (AvgIpc) is 2.94. The second-order valence-corrected chi connectivity index (χ2v) is 5.99. The van der Waals surface area contributed by atoms with Crippen LogP contribution in [-0.2, 0) is 4.74 Å². The van der Waals surface area contributed by atoms with E-state index >= 15 is 0 Å². The van der Waals surface area contributed by atoms with Gasteiger partial charge in [0.1, 0.15) is 0 Å². The average molecular weight is 301 g/mol. The molecular formula is C16H19N3O3. The fourth-order valence-electron chi connectivity index (χ4n) is 2.64. The van der Waals surface area contributed by atoms with Crippen molar-refractivity contribution >= 4 is 22.5 Å². The summed E-state index contributed by atoms with van der Waals surface area (Å²) in [5.41, 5.74) is 0.443. The van der Waals surface area contributed by atoms with E-state index in [1.165, 1.54) is 0 Å². The van der Waals surface area contributed by atoms with Gasteiger partial charge < -0.3 is 20.4 Å². The molecule has 22 heavy (non-hydrogen) atoms. The summed E-state index contributed by atoms with van der Waals surface area (Å²) < 4.78 is 5.37. The van der Waals surface area contributed by atoms with Crippen LogP contribution in [0.3, 0.4) is 0 Å². The van der Waals surface area contributed by atoms with Gasteiger partial charge in [-0.3, -0.25) is 4.79 Å². The van der Waals surface area contributed by atoms with E-state index < -0.39 is 0 Å². The lowest BCUT2D eigenvalue weighted by molar-refractivity contribution is 0.159. The Labute approximate surface area is 127 Å². The molecule has 116 valence electrons. The standard InChI is InChI=1S/C16H19N3O3/c1-16(6-8-22-10-16)9-18-15(21)19-13-4-2-3-12-11(13)5-7-17-14(12)20/h2-5,7H,6,8-10H2,1H3,(H,17,20)(H2,18,19,21). The molecule has 2 amide bonds. The van der Waals surface area contributed by atoms with Crippen molar-refractivity contribution in [3.8, 4) is 0 Å². The lowest BCUT2D eigenvalue weighted by Gasteiger charge is -2.22. The summed E-state index contributed by atoms with van der Waals surface area (Å²) in [5, 5.41) is 6.96. The molecule has 0 spiro atoms.